The second-order valence-corrected chi connectivity index (χ2v) is 20.2. The van der Waals surface area contributed by atoms with Crippen LogP contribution in [-0.2, 0) is 21.7 Å². The fraction of sp³-hybridized carbons (Fsp3) is 0.429. The monoisotopic (exact) mass is 620 g/mol. The molecule has 0 fully saturated rings. The summed E-state index contributed by atoms with van der Waals surface area (Å²) in [4.78, 5) is 0. The van der Waals surface area contributed by atoms with Gasteiger partial charge in [0.2, 0.25) is 0 Å². The molecule has 44 heavy (non-hydrogen) atoms. The van der Waals surface area contributed by atoms with Crippen LogP contribution in [0.15, 0.2) is 72.8 Å². The van der Waals surface area contributed by atoms with Crippen molar-refractivity contribution in [2.75, 3.05) is 0 Å². The zero-order valence-electron chi connectivity index (χ0n) is 28.9. The van der Waals surface area contributed by atoms with Crippen molar-refractivity contribution in [1.29, 1.82) is 0 Å². The Labute approximate surface area is 273 Å². The minimum atomic E-state index is -1.05. The Hall–Kier alpha value is -2.40. The molecule has 6 rings (SSSR count). The first kappa shape index (κ1) is 31.6. The second-order valence-electron chi connectivity index (χ2n) is 17.4. The highest BCUT2D eigenvalue weighted by atomic mass is 35.7. The Balaban J connectivity index is 1.61. The average Bonchev–Trinajstić information content (AvgIpc) is 3.42. The van der Waals surface area contributed by atoms with Gasteiger partial charge in [-0.3, -0.25) is 0 Å². The van der Waals surface area contributed by atoms with Crippen molar-refractivity contribution >= 4 is 18.5 Å². The Bertz CT molecular complexity index is 1510. The van der Waals surface area contributed by atoms with Gasteiger partial charge in [0, 0.05) is 18.6 Å². The van der Waals surface area contributed by atoms with Gasteiger partial charge in [0.05, 0.1) is 0 Å². The number of hydrogen-bond donors (Lipinski definition) is 0. The fourth-order valence-electron chi connectivity index (χ4n) is 7.02. The summed E-state index contributed by atoms with van der Waals surface area (Å²) in [5.74, 6) is 0. The number of benzene rings is 4. The molecule has 2 aliphatic carbocycles. The van der Waals surface area contributed by atoms with E-state index in [4.69, 9.17) is 11.2 Å². The van der Waals surface area contributed by atoms with Crippen molar-refractivity contribution in [2.24, 2.45) is 0 Å². The summed E-state index contributed by atoms with van der Waals surface area (Å²) >= 11 is 8.14. The third-order valence-corrected chi connectivity index (χ3v) is 13.2. The molecule has 4 aromatic rings. The van der Waals surface area contributed by atoms with E-state index in [2.05, 4.69) is 156 Å². The van der Waals surface area contributed by atoms with Crippen LogP contribution in [0.2, 0.25) is 0 Å². The van der Waals surface area contributed by atoms with E-state index in [1.165, 1.54) is 66.8 Å². The number of halogens is 1. The SMILES string of the molecule is CC(C)(C)c1ccc2c(c1)C(P(Cl)C1c3cc(C(C)(C)C)ccc3-c3ccc(C(C)(C)C)cc31)c1cc(C(C)(C)C)ccc1-2. The smallest absolute Gasteiger partial charge is 0.0451 e. The number of fused-ring (bicyclic) bond motifs is 6. The van der Waals surface area contributed by atoms with Crippen LogP contribution in [0, 0.1) is 0 Å². The van der Waals surface area contributed by atoms with Crippen LogP contribution < -0.4 is 0 Å². The molecule has 0 saturated carbocycles. The Kier molecular flexibility index (Phi) is 7.40. The van der Waals surface area contributed by atoms with Gasteiger partial charge >= 0.3 is 0 Å². The fourth-order valence-corrected chi connectivity index (χ4v) is 10.5. The van der Waals surface area contributed by atoms with E-state index in [0.29, 0.717) is 0 Å². The third-order valence-electron chi connectivity index (χ3n) is 9.92. The highest BCUT2D eigenvalue weighted by Crippen LogP contribution is 2.75. The van der Waals surface area contributed by atoms with E-state index in [9.17, 15) is 0 Å². The van der Waals surface area contributed by atoms with Gasteiger partial charge in [-0.1, -0.05) is 167 Å². The van der Waals surface area contributed by atoms with Gasteiger partial charge in [0.15, 0.2) is 0 Å². The van der Waals surface area contributed by atoms with Gasteiger partial charge in [-0.05, 0) is 88.4 Å². The molecule has 0 aromatic heterocycles. The minimum Gasteiger partial charge on any atom is -0.0944 e. The van der Waals surface area contributed by atoms with Crippen molar-refractivity contribution < 1.29 is 0 Å². The molecule has 4 aromatic carbocycles. The van der Waals surface area contributed by atoms with Crippen LogP contribution in [0.4, 0.5) is 0 Å². The second kappa shape index (κ2) is 10.3. The summed E-state index contributed by atoms with van der Waals surface area (Å²) in [5, 5.41) is 0. The molecule has 0 bridgehead atoms. The zero-order valence-corrected chi connectivity index (χ0v) is 30.6. The van der Waals surface area contributed by atoms with E-state index in [1.54, 1.807) is 0 Å². The zero-order chi connectivity index (χ0) is 32.1. The maximum atomic E-state index is 8.14. The molecule has 2 aliphatic rings. The maximum absolute atomic E-state index is 8.14. The molecule has 2 heteroatoms. The lowest BCUT2D eigenvalue weighted by atomic mass is 9.85. The van der Waals surface area contributed by atoms with Crippen LogP contribution in [0.5, 0.6) is 0 Å². The van der Waals surface area contributed by atoms with Crippen LogP contribution in [0.25, 0.3) is 22.3 Å². The molecule has 0 saturated heterocycles. The van der Waals surface area contributed by atoms with Crippen molar-refractivity contribution in [3.05, 3.63) is 117 Å². The molecular weight excluding hydrogens is 571 g/mol. The molecular formula is C42H50ClP. The first-order chi connectivity index (χ1) is 20.3. The third kappa shape index (κ3) is 5.29. The lowest BCUT2D eigenvalue weighted by Gasteiger charge is -2.30. The van der Waals surface area contributed by atoms with E-state index in [1.807, 2.05) is 0 Å². The molecule has 230 valence electrons. The van der Waals surface area contributed by atoms with E-state index < -0.39 is 7.27 Å². The first-order valence-electron chi connectivity index (χ1n) is 16.3. The van der Waals surface area contributed by atoms with Crippen LogP contribution in [-0.4, -0.2) is 0 Å². The molecule has 0 atom stereocenters. The minimum absolute atomic E-state index is 0.0652. The van der Waals surface area contributed by atoms with Gasteiger partial charge in [0.1, 0.15) is 0 Å². The predicted molar refractivity (Wildman–Crippen MR) is 195 cm³/mol. The van der Waals surface area contributed by atoms with Gasteiger partial charge < -0.3 is 0 Å². The molecule has 0 spiro atoms. The Morgan fingerprint density at radius 3 is 0.773 bits per heavy atom. The number of rotatable bonds is 2. The highest BCUT2D eigenvalue weighted by molar-refractivity contribution is 7.84. The van der Waals surface area contributed by atoms with Gasteiger partial charge in [-0.2, -0.15) is 0 Å². The molecule has 0 N–H and O–H groups in total. The largest absolute Gasteiger partial charge is 0.0944 e. The quantitative estimate of drug-likeness (QED) is 0.196. The van der Waals surface area contributed by atoms with E-state index >= 15 is 0 Å². The first-order valence-corrected chi connectivity index (χ1v) is 18.7. The van der Waals surface area contributed by atoms with E-state index in [0.717, 1.165) is 0 Å². The maximum Gasteiger partial charge on any atom is 0.0451 e. The average molecular weight is 621 g/mol. The molecule has 0 nitrogen and oxygen atoms in total. The highest BCUT2D eigenvalue weighted by Gasteiger charge is 2.44. The molecule has 0 radical (unpaired) electrons. The summed E-state index contributed by atoms with van der Waals surface area (Å²) < 4.78 is 0. The summed E-state index contributed by atoms with van der Waals surface area (Å²) in [6.07, 6.45) is 0. The molecule has 0 heterocycles. The molecule has 0 unspecified atom stereocenters. The summed E-state index contributed by atoms with van der Waals surface area (Å²) in [5.41, 5.74) is 17.2. The number of hydrogen-bond acceptors (Lipinski definition) is 0. The molecule has 0 amide bonds. The van der Waals surface area contributed by atoms with Crippen LogP contribution in [0.3, 0.4) is 0 Å². The predicted octanol–water partition coefficient (Wildman–Crippen LogP) is 13.4. The summed E-state index contributed by atoms with van der Waals surface area (Å²) in [6, 6.07) is 28.8. The van der Waals surface area contributed by atoms with Crippen LogP contribution >= 0.6 is 18.5 Å². The lowest BCUT2D eigenvalue weighted by molar-refractivity contribution is 0.589. The normalized spacial score (nSPS) is 15.4. The van der Waals surface area contributed by atoms with E-state index in [-0.39, 0.29) is 33.0 Å². The molecule has 0 aliphatic heterocycles. The van der Waals surface area contributed by atoms with Crippen molar-refractivity contribution in [2.45, 2.75) is 116 Å². The Morgan fingerprint density at radius 2 is 0.591 bits per heavy atom. The lowest BCUT2D eigenvalue weighted by Crippen LogP contribution is -2.13. The topological polar surface area (TPSA) is 0 Å². The standard InChI is InChI=1S/C42H50ClP/c1-39(2,3)25-13-17-29-30-18-14-26(40(4,5)6)22-34(30)37(33(29)21-25)44(43)38-35-23-27(41(7,8)9)15-19-31(35)32-20-16-28(24-36(32)38)42(10,11)12/h13-24,37-38H,1-12H3. The summed E-state index contributed by atoms with van der Waals surface area (Å²) in [6.45, 7) is 27.8. The van der Waals surface area contributed by atoms with Crippen molar-refractivity contribution in [1.82, 2.24) is 0 Å². The van der Waals surface area contributed by atoms with Gasteiger partial charge in [-0.25, -0.2) is 0 Å². The van der Waals surface area contributed by atoms with Crippen molar-refractivity contribution in [3.63, 3.8) is 0 Å². The van der Waals surface area contributed by atoms with Gasteiger partial charge in [0.25, 0.3) is 0 Å². The van der Waals surface area contributed by atoms with Crippen molar-refractivity contribution in [3.8, 4) is 22.3 Å². The Morgan fingerprint density at radius 1 is 0.386 bits per heavy atom. The van der Waals surface area contributed by atoms with Crippen LogP contribution in [0.1, 0.15) is 139 Å². The van der Waals surface area contributed by atoms with Gasteiger partial charge in [-0.15, -0.1) is 0 Å². The summed E-state index contributed by atoms with van der Waals surface area (Å²) in [7, 11) is -1.05.